The van der Waals surface area contributed by atoms with Crippen molar-refractivity contribution in [2.75, 3.05) is 13.1 Å². The first-order valence-electron chi connectivity index (χ1n) is 5.29. The molecule has 2 heterocycles. The smallest absolute Gasteiger partial charge is 0.248 e. The van der Waals surface area contributed by atoms with Crippen LogP contribution in [0, 0.1) is 6.92 Å². The Labute approximate surface area is 105 Å². The molecule has 6 nitrogen and oxygen atoms in total. The highest BCUT2D eigenvalue weighted by Gasteiger charge is 2.35. The van der Waals surface area contributed by atoms with Gasteiger partial charge in [-0.3, -0.25) is 4.68 Å². The molecular weight excluding hydrogens is 264 g/mol. The van der Waals surface area contributed by atoms with Crippen LogP contribution in [0.25, 0.3) is 0 Å². The zero-order chi connectivity index (χ0) is 12.8. The minimum atomic E-state index is -3.57. The van der Waals surface area contributed by atoms with Crippen molar-refractivity contribution in [1.29, 1.82) is 0 Å². The summed E-state index contributed by atoms with van der Waals surface area (Å²) in [6.45, 7) is 2.41. The van der Waals surface area contributed by atoms with Crippen LogP contribution in [0.3, 0.4) is 0 Å². The molecule has 0 bridgehead atoms. The van der Waals surface area contributed by atoms with Gasteiger partial charge in [-0.1, -0.05) is 11.6 Å². The van der Waals surface area contributed by atoms with Crippen LogP contribution >= 0.6 is 11.6 Å². The van der Waals surface area contributed by atoms with Gasteiger partial charge >= 0.3 is 0 Å². The van der Waals surface area contributed by atoms with Gasteiger partial charge in [0.1, 0.15) is 10.0 Å². The summed E-state index contributed by atoms with van der Waals surface area (Å²) in [5, 5.41) is 4.16. The first kappa shape index (κ1) is 12.8. The fourth-order valence-corrected chi connectivity index (χ4v) is 4.22. The molecule has 8 heteroatoms. The quantitative estimate of drug-likeness (QED) is 0.832. The second kappa shape index (κ2) is 4.24. The molecule has 1 unspecified atom stereocenters. The van der Waals surface area contributed by atoms with Gasteiger partial charge in [0.05, 0.1) is 5.69 Å². The fraction of sp³-hybridized carbons (Fsp3) is 0.667. The van der Waals surface area contributed by atoms with Gasteiger partial charge in [0.25, 0.3) is 0 Å². The molecule has 1 atom stereocenters. The number of hydrogen-bond donors (Lipinski definition) is 1. The molecule has 0 saturated carbocycles. The average Bonchev–Trinajstić information content (AvgIpc) is 2.73. The van der Waals surface area contributed by atoms with E-state index in [0.29, 0.717) is 25.2 Å². The van der Waals surface area contributed by atoms with E-state index >= 15 is 0 Å². The first-order chi connectivity index (χ1) is 7.84. The molecule has 96 valence electrons. The normalized spacial score (nSPS) is 22.2. The van der Waals surface area contributed by atoms with Gasteiger partial charge in [-0.25, -0.2) is 8.42 Å². The van der Waals surface area contributed by atoms with E-state index < -0.39 is 10.0 Å². The Balaban J connectivity index is 2.45. The highest BCUT2D eigenvalue weighted by molar-refractivity contribution is 7.89. The molecule has 0 amide bonds. The average molecular weight is 279 g/mol. The van der Waals surface area contributed by atoms with Crippen molar-refractivity contribution in [2.45, 2.75) is 24.3 Å². The molecule has 0 aliphatic carbocycles. The van der Waals surface area contributed by atoms with E-state index in [4.69, 9.17) is 17.3 Å². The Morgan fingerprint density at radius 3 is 2.59 bits per heavy atom. The summed E-state index contributed by atoms with van der Waals surface area (Å²) in [7, 11) is -1.96. The van der Waals surface area contributed by atoms with Gasteiger partial charge < -0.3 is 5.73 Å². The van der Waals surface area contributed by atoms with Gasteiger partial charge in [-0.15, -0.1) is 0 Å². The van der Waals surface area contributed by atoms with Gasteiger partial charge in [-0.2, -0.15) is 9.40 Å². The monoisotopic (exact) mass is 278 g/mol. The summed E-state index contributed by atoms with van der Waals surface area (Å²) in [5.41, 5.74) is 6.14. The van der Waals surface area contributed by atoms with Crippen molar-refractivity contribution in [2.24, 2.45) is 12.8 Å². The molecule has 1 fully saturated rings. The Morgan fingerprint density at radius 1 is 1.53 bits per heavy atom. The summed E-state index contributed by atoms with van der Waals surface area (Å²) in [5.74, 6) is 0. The van der Waals surface area contributed by atoms with E-state index in [1.807, 2.05) is 0 Å². The highest BCUT2D eigenvalue weighted by Crippen LogP contribution is 2.28. The van der Waals surface area contributed by atoms with Crippen molar-refractivity contribution in [3.8, 4) is 0 Å². The lowest BCUT2D eigenvalue weighted by molar-refractivity contribution is 0.472. The number of halogens is 1. The zero-order valence-electron chi connectivity index (χ0n) is 9.72. The maximum Gasteiger partial charge on any atom is 0.248 e. The standard InChI is InChI=1S/C9H15ClN4O2S/c1-6-8(9(10)13(2)12-6)17(15,16)14-4-3-7(11)5-14/h7H,3-5,11H2,1-2H3. The number of aromatic nitrogens is 2. The molecule has 1 saturated heterocycles. The second-order valence-electron chi connectivity index (χ2n) is 4.24. The third kappa shape index (κ3) is 2.08. The van der Waals surface area contributed by atoms with Crippen LogP contribution in [-0.4, -0.2) is 41.6 Å². The number of nitrogens with two attached hydrogens (primary N) is 1. The predicted octanol–water partition coefficient (Wildman–Crippen LogP) is 0.104. The molecule has 17 heavy (non-hydrogen) atoms. The minimum Gasteiger partial charge on any atom is -0.326 e. The Bertz CT molecular complexity index is 539. The minimum absolute atomic E-state index is 0.0933. The lowest BCUT2D eigenvalue weighted by atomic mass is 10.3. The number of sulfonamides is 1. The van der Waals surface area contributed by atoms with Crippen LogP contribution in [-0.2, 0) is 17.1 Å². The summed E-state index contributed by atoms with van der Waals surface area (Å²) < 4.78 is 27.5. The maximum atomic E-state index is 12.4. The Morgan fingerprint density at radius 2 is 2.18 bits per heavy atom. The van der Waals surface area contributed by atoms with E-state index in [9.17, 15) is 8.42 Å². The molecule has 2 N–H and O–H groups in total. The predicted molar refractivity (Wildman–Crippen MR) is 64.3 cm³/mol. The summed E-state index contributed by atoms with van der Waals surface area (Å²) in [6, 6.07) is -0.0967. The van der Waals surface area contributed by atoms with E-state index in [1.54, 1.807) is 14.0 Å². The van der Waals surface area contributed by atoms with Crippen molar-refractivity contribution < 1.29 is 8.42 Å². The van der Waals surface area contributed by atoms with Crippen LogP contribution in [0.5, 0.6) is 0 Å². The highest BCUT2D eigenvalue weighted by atomic mass is 35.5. The maximum absolute atomic E-state index is 12.4. The van der Waals surface area contributed by atoms with Crippen LogP contribution in [0.15, 0.2) is 4.90 Å². The number of rotatable bonds is 2. The van der Waals surface area contributed by atoms with Crippen molar-refractivity contribution >= 4 is 21.6 Å². The Hall–Kier alpha value is -0.630. The molecule has 0 radical (unpaired) electrons. The van der Waals surface area contributed by atoms with Crippen molar-refractivity contribution in [3.05, 3.63) is 10.8 Å². The van der Waals surface area contributed by atoms with Crippen LogP contribution in [0.4, 0.5) is 0 Å². The molecular formula is C9H15ClN4O2S. The number of aryl methyl sites for hydroxylation is 2. The van der Waals surface area contributed by atoms with Crippen molar-refractivity contribution in [1.82, 2.24) is 14.1 Å². The van der Waals surface area contributed by atoms with E-state index in [1.165, 1.54) is 8.99 Å². The van der Waals surface area contributed by atoms with Gasteiger partial charge in [-0.05, 0) is 13.3 Å². The summed E-state index contributed by atoms with van der Waals surface area (Å²) in [4.78, 5) is 0.0933. The summed E-state index contributed by atoms with van der Waals surface area (Å²) >= 11 is 5.98. The van der Waals surface area contributed by atoms with E-state index in [0.717, 1.165) is 0 Å². The topological polar surface area (TPSA) is 81.2 Å². The lowest BCUT2D eigenvalue weighted by Crippen LogP contribution is -2.32. The van der Waals surface area contributed by atoms with Crippen LogP contribution in [0.1, 0.15) is 12.1 Å². The molecule has 0 spiro atoms. The Kier molecular flexibility index (Phi) is 3.19. The fourth-order valence-electron chi connectivity index (χ4n) is 2.00. The van der Waals surface area contributed by atoms with Gasteiger partial charge in [0, 0.05) is 26.2 Å². The van der Waals surface area contributed by atoms with Crippen LogP contribution in [0.2, 0.25) is 5.15 Å². The van der Waals surface area contributed by atoms with E-state index in [-0.39, 0.29) is 16.1 Å². The molecule has 1 aliphatic rings. The van der Waals surface area contributed by atoms with Crippen molar-refractivity contribution in [3.63, 3.8) is 0 Å². The third-order valence-corrected chi connectivity index (χ3v) is 5.45. The zero-order valence-corrected chi connectivity index (χ0v) is 11.3. The molecule has 0 aromatic carbocycles. The van der Waals surface area contributed by atoms with Crippen LogP contribution < -0.4 is 5.73 Å². The lowest BCUT2D eigenvalue weighted by Gasteiger charge is -2.15. The molecule has 1 aliphatic heterocycles. The number of hydrogen-bond acceptors (Lipinski definition) is 4. The SMILES string of the molecule is Cc1nn(C)c(Cl)c1S(=O)(=O)N1CCC(N)C1. The molecule has 1 aromatic rings. The largest absolute Gasteiger partial charge is 0.326 e. The number of nitrogens with zero attached hydrogens (tertiary/aromatic N) is 3. The summed E-state index contributed by atoms with van der Waals surface area (Å²) in [6.07, 6.45) is 0.677. The molecule has 2 rings (SSSR count). The van der Waals surface area contributed by atoms with Gasteiger partial charge in [0.15, 0.2) is 0 Å². The second-order valence-corrected chi connectivity index (χ2v) is 6.47. The van der Waals surface area contributed by atoms with E-state index in [2.05, 4.69) is 5.10 Å². The third-order valence-electron chi connectivity index (χ3n) is 2.89. The molecule has 1 aromatic heterocycles. The van der Waals surface area contributed by atoms with Gasteiger partial charge in [0.2, 0.25) is 10.0 Å². The first-order valence-corrected chi connectivity index (χ1v) is 7.10.